The van der Waals surface area contributed by atoms with E-state index in [0.717, 1.165) is 16.9 Å². The Morgan fingerprint density at radius 1 is 1.04 bits per heavy atom. The number of benzene rings is 2. The third-order valence-electron chi connectivity index (χ3n) is 3.57. The Morgan fingerprint density at radius 2 is 1.74 bits per heavy atom. The van der Waals surface area contributed by atoms with E-state index in [1.165, 1.54) is 0 Å². The van der Waals surface area contributed by atoms with Gasteiger partial charge >= 0.3 is 0 Å². The van der Waals surface area contributed by atoms with Crippen molar-refractivity contribution in [3.8, 4) is 0 Å². The van der Waals surface area contributed by atoms with Crippen LogP contribution in [0.4, 0.5) is 11.4 Å². The molecule has 4 nitrogen and oxygen atoms in total. The third kappa shape index (κ3) is 3.11. The minimum absolute atomic E-state index is 0.0921. The van der Waals surface area contributed by atoms with E-state index in [2.05, 4.69) is 9.98 Å². The molecule has 1 aliphatic rings. The molecule has 1 amide bonds. The van der Waals surface area contributed by atoms with Crippen molar-refractivity contribution in [2.24, 2.45) is 9.98 Å². The van der Waals surface area contributed by atoms with Gasteiger partial charge in [0, 0.05) is 6.21 Å². The monoisotopic (exact) mass is 303 g/mol. The number of allylic oxidation sites excluding steroid dienone is 1. The van der Waals surface area contributed by atoms with E-state index in [9.17, 15) is 4.79 Å². The molecule has 0 fully saturated rings. The lowest BCUT2D eigenvalue weighted by atomic mass is 10.2. The Labute approximate surface area is 135 Å². The number of aliphatic imine (C=N–C) groups is 2. The van der Waals surface area contributed by atoms with Gasteiger partial charge < -0.3 is 0 Å². The highest BCUT2D eigenvalue weighted by Gasteiger charge is 2.27. The van der Waals surface area contributed by atoms with Gasteiger partial charge in [-0.15, -0.1) is 0 Å². The molecular formula is C19H17N3O. The molecule has 0 N–H and O–H groups in total. The maximum Gasteiger partial charge on any atom is 0.282 e. The smallest absolute Gasteiger partial charge is 0.266 e. The van der Waals surface area contributed by atoms with E-state index < -0.39 is 0 Å². The molecule has 23 heavy (non-hydrogen) atoms. The topological polar surface area (TPSA) is 45.0 Å². The zero-order valence-electron chi connectivity index (χ0n) is 13.1. The van der Waals surface area contributed by atoms with Gasteiger partial charge in [-0.2, -0.15) is 0 Å². The summed E-state index contributed by atoms with van der Waals surface area (Å²) in [7, 11) is 0. The van der Waals surface area contributed by atoms with Gasteiger partial charge in [0.1, 0.15) is 11.5 Å². The van der Waals surface area contributed by atoms with Crippen LogP contribution >= 0.6 is 0 Å². The summed E-state index contributed by atoms with van der Waals surface area (Å²) < 4.78 is 0. The summed E-state index contributed by atoms with van der Waals surface area (Å²) >= 11 is 0. The highest BCUT2D eigenvalue weighted by molar-refractivity contribution is 6.26. The van der Waals surface area contributed by atoms with Crippen LogP contribution < -0.4 is 4.90 Å². The molecule has 2 aromatic rings. The Bertz CT molecular complexity index is 800. The number of carbonyl (C=O) groups is 1. The normalized spacial score (nSPS) is 16.4. The van der Waals surface area contributed by atoms with Crippen LogP contribution in [0.3, 0.4) is 0 Å². The number of hydrogen-bond donors (Lipinski definition) is 0. The first-order valence-electron chi connectivity index (χ1n) is 7.44. The first-order valence-corrected chi connectivity index (χ1v) is 7.44. The number of hydrogen-bond acceptors (Lipinski definition) is 3. The second-order valence-electron chi connectivity index (χ2n) is 5.16. The highest BCUT2D eigenvalue weighted by Crippen LogP contribution is 2.25. The molecule has 0 saturated heterocycles. The van der Waals surface area contributed by atoms with E-state index in [4.69, 9.17) is 0 Å². The number of nitrogens with zero attached hydrogens (tertiary/aromatic N) is 3. The van der Waals surface area contributed by atoms with Crippen LogP contribution in [-0.2, 0) is 4.79 Å². The van der Waals surface area contributed by atoms with Gasteiger partial charge in [0.25, 0.3) is 5.91 Å². The van der Waals surface area contributed by atoms with Crippen molar-refractivity contribution in [1.82, 2.24) is 0 Å². The molecule has 0 atom stereocenters. The fourth-order valence-corrected chi connectivity index (χ4v) is 2.40. The van der Waals surface area contributed by atoms with Crippen LogP contribution in [0.5, 0.6) is 0 Å². The van der Waals surface area contributed by atoms with E-state index in [0.29, 0.717) is 11.5 Å². The molecule has 1 heterocycles. The fourth-order valence-electron chi connectivity index (χ4n) is 2.40. The second-order valence-corrected chi connectivity index (χ2v) is 5.16. The molecule has 4 heteroatoms. The molecule has 0 unspecified atom stereocenters. The maximum atomic E-state index is 12.3. The minimum Gasteiger partial charge on any atom is -0.266 e. The fraction of sp³-hybridized carbons (Fsp3) is 0.105. The quantitative estimate of drug-likeness (QED) is 0.622. The van der Waals surface area contributed by atoms with Gasteiger partial charge in [-0.1, -0.05) is 36.4 Å². The molecule has 0 radical (unpaired) electrons. The van der Waals surface area contributed by atoms with E-state index in [1.807, 2.05) is 74.7 Å². The molecular weight excluding hydrogens is 286 g/mol. The average Bonchev–Trinajstić information content (AvgIpc) is 2.88. The maximum absolute atomic E-state index is 12.3. The number of carbonyl (C=O) groups excluding carboxylic acids is 1. The minimum atomic E-state index is -0.0921. The molecule has 2 aromatic carbocycles. The van der Waals surface area contributed by atoms with Crippen molar-refractivity contribution in [1.29, 1.82) is 0 Å². The van der Waals surface area contributed by atoms with Crippen LogP contribution in [0, 0.1) is 0 Å². The Morgan fingerprint density at radius 3 is 2.35 bits per heavy atom. The molecule has 3 rings (SSSR count). The predicted octanol–water partition coefficient (Wildman–Crippen LogP) is 4.11. The van der Waals surface area contributed by atoms with Crippen molar-refractivity contribution < 1.29 is 4.79 Å². The number of rotatable bonds is 3. The van der Waals surface area contributed by atoms with Crippen molar-refractivity contribution >= 4 is 29.3 Å². The predicted molar refractivity (Wildman–Crippen MR) is 94.5 cm³/mol. The number of amides is 1. The van der Waals surface area contributed by atoms with Gasteiger partial charge in [0.2, 0.25) is 0 Å². The largest absolute Gasteiger partial charge is 0.282 e. The Hall–Kier alpha value is -3.01. The SMILES string of the molecule is C/C=C1\N=C(C)N(c2ccc(N=Cc3ccccc3)cc2)C1=O. The van der Waals surface area contributed by atoms with Gasteiger partial charge in [-0.05, 0) is 43.7 Å². The zero-order chi connectivity index (χ0) is 16.2. The highest BCUT2D eigenvalue weighted by atomic mass is 16.2. The molecule has 0 spiro atoms. The number of amidine groups is 1. The summed E-state index contributed by atoms with van der Waals surface area (Å²) in [4.78, 5) is 22.6. The molecule has 0 aromatic heterocycles. The van der Waals surface area contributed by atoms with Crippen molar-refractivity contribution in [3.05, 3.63) is 71.9 Å². The standard InChI is InChI=1S/C19H17N3O/c1-3-18-19(23)22(14(2)21-18)17-11-9-16(10-12-17)20-13-15-7-5-4-6-8-15/h3-13H,1-2H3/b18-3-,20-13?. The van der Waals surface area contributed by atoms with Crippen LogP contribution in [0.25, 0.3) is 0 Å². The summed E-state index contributed by atoms with van der Waals surface area (Å²) in [5.74, 6) is 0.592. The van der Waals surface area contributed by atoms with Crippen LogP contribution in [0.15, 0.2) is 76.4 Å². The molecule has 114 valence electrons. The number of anilines is 1. The summed E-state index contributed by atoms with van der Waals surface area (Å²) in [5.41, 5.74) is 3.16. The van der Waals surface area contributed by atoms with Crippen molar-refractivity contribution in [2.75, 3.05) is 4.90 Å². The van der Waals surface area contributed by atoms with E-state index in [-0.39, 0.29) is 5.91 Å². The van der Waals surface area contributed by atoms with E-state index >= 15 is 0 Å². The van der Waals surface area contributed by atoms with Crippen LogP contribution in [0.1, 0.15) is 19.4 Å². The lowest BCUT2D eigenvalue weighted by molar-refractivity contribution is -0.113. The van der Waals surface area contributed by atoms with Gasteiger partial charge in [-0.3, -0.25) is 14.7 Å². The summed E-state index contributed by atoms with van der Waals surface area (Å²) in [5, 5.41) is 0. The van der Waals surface area contributed by atoms with Gasteiger partial charge in [-0.25, -0.2) is 4.99 Å². The van der Waals surface area contributed by atoms with Gasteiger partial charge in [0.05, 0.1) is 11.4 Å². The third-order valence-corrected chi connectivity index (χ3v) is 3.57. The first-order chi connectivity index (χ1) is 11.2. The summed E-state index contributed by atoms with van der Waals surface area (Å²) in [6.07, 6.45) is 3.55. The lowest BCUT2D eigenvalue weighted by Gasteiger charge is -2.15. The molecule has 1 aliphatic heterocycles. The van der Waals surface area contributed by atoms with Crippen molar-refractivity contribution in [3.63, 3.8) is 0 Å². The Balaban J connectivity index is 1.79. The summed E-state index contributed by atoms with van der Waals surface area (Å²) in [6.45, 7) is 3.64. The summed E-state index contributed by atoms with van der Waals surface area (Å²) in [6, 6.07) is 17.5. The van der Waals surface area contributed by atoms with Crippen molar-refractivity contribution in [2.45, 2.75) is 13.8 Å². The second kappa shape index (κ2) is 6.40. The molecule has 0 saturated carbocycles. The zero-order valence-corrected chi connectivity index (χ0v) is 13.1. The van der Waals surface area contributed by atoms with E-state index in [1.54, 1.807) is 11.0 Å². The first kappa shape index (κ1) is 14.9. The lowest BCUT2D eigenvalue weighted by Crippen LogP contribution is -2.30. The van der Waals surface area contributed by atoms with Crippen LogP contribution in [-0.4, -0.2) is 18.0 Å². The van der Waals surface area contributed by atoms with Crippen LogP contribution in [0.2, 0.25) is 0 Å². The molecule has 0 bridgehead atoms. The average molecular weight is 303 g/mol. The Kier molecular flexibility index (Phi) is 4.15. The van der Waals surface area contributed by atoms with Gasteiger partial charge in [0.15, 0.2) is 0 Å². The molecule has 0 aliphatic carbocycles.